The first-order valence-corrected chi connectivity index (χ1v) is 11.1. The second-order valence-corrected chi connectivity index (χ2v) is 9.18. The average molecular weight is 409 g/mol. The number of allylic oxidation sites excluding steroid dienone is 1. The number of fused-ring (bicyclic) bond motifs is 1. The van der Waals surface area contributed by atoms with E-state index in [-0.39, 0.29) is 11.7 Å². The number of rotatable bonds is 4. The fourth-order valence-corrected chi connectivity index (χ4v) is 5.58. The van der Waals surface area contributed by atoms with E-state index >= 15 is 0 Å². The minimum Gasteiger partial charge on any atom is -0.387 e. The molecule has 0 saturated carbocycles. The summed E-state index contributed by atoms with van der Waals surface area (Å²) in [4.78, 5) is 17.2. The van der Waals surface area contributed by atoms with Crippen LogP contribution in [0.2, 0.25) is 0 Å². The van der Waals surface area contributed by atoms with Crippen LogP contribution in [-0.4, -0.2) is 60.4 Å². The molecule has 0 spiro atoms. The number of amides is 1. The Bertz CT molecular complexity index is 935. The molecule has 0 aromatic heterocycles. The van der Waals surface area contributed by atoms with Crippen LogP contribution in [0.1, 0.15) is 23.6 Å². The maximum atomic E-state index is 13.0. The lowest BCUT2D eigenvalue weighted by atomic mass is 10.0. The van der Waals surface area contributed by atoms with Crippen molar-refractivity contribution in [2.75, 3.05) is 32.0 Å². The Morgan fingerprint density at radius 2 is 2.21 bits per heavy atom. The van der Waals surface area contributed by atoms with E-state index in [0.29, 0.717) is 14.6 Å². The number of benzene rings is 1. The summed E-state index contributed by atoms with van der Waals surface area (Å²) in [6.45, 7) is 7.10. The summed E-state index contributed by atoms with van der Waals surface area (Å²) in [7, 11) is 2.35. The fourth-order valence-electron chi connectivity index (χ4n) is 4.21. The lowest BCUT2D eigenvalue weighted by Gasteiger charge is -2.39. The number of hydrogen-bond donors (Lipinski definition) is 3. The van der Waals surface area contributed by atoms with Crippen molar-refractivity contribution in [3.8, 4) is 0 Å². The first-order valence-electron chi connectivity index (χ1n) is 10.0. The summed E-state index contributed by atoms with van der Waals surface area (Å²) in [5.41, 5.74) is 5.04. The smallest absolute Gasteiger partial charge is 0.252 e. The highest BCUT2D eigenvalue weighted by Crippen LogP contribution is 2.45. The number of carbonyl (C=O) groups excluding carboxylic acids is 1. The van der Waals surface area contributed by atoms with Crippen molar-refractivity contribution >= 4 is 31.7 Å². The van der Waals surface area contributed by atoms with Crippen LogP contribution in [0.4, 0.5) is 5.69 Å². The molecule has 0 radical (unpaired) electrons. The summed E-state index contributed by atoms with van der Waals surface area (Å²) < 4.78 is 0. The number of piperazine rings is 1. The van der Waals surface area contributed by atoms with Crippen LogP contribution in [0, 0.1) is 12.3 Å². The fraction of sp³-hybridized carbons (Fsp3) is 0.364. The Balaban J connectivity index is 1.60. The Morgan fingerprint density at radius 3 is 2.93 bits per heavy atom. The van der Waals surface area contributed by atoms with E-state index in [1.54, 1.807) is 6.08 Å². The molecule has 1 fully saturated rings. The molecule has 1 amide bonds. The van der Waals surface area contributed by atoms with Gasteiger partial charge in [-0.05, 0) is 48.5 Å². The molecule has 2 unspecified atom stereocenters. The third kappa shape index (κ3) is 3.87. The summed E-state index contributed by atoms with van der Waals surface area (Å²) >= 11 is 0. The Morgan fingerprint density at radius 1 is 1.38 bits per heavy atom. The van der Waals surface area contributed by atoms with Crippen LogP contribution in [-0.2, 0) is 4.79 Å². The molecule has 1 aromatic rings. The van der Waals surface area contributed by atoms with Crippen LogP contribution in [0.5, 0.6) is 0 Å². The number of carbonyl (C=O) groups is 1. The Labute approximate surface area is 174 Å². The predicted molar refractivity (Wildman–Crippen MR) is 122 cm³/mol. The quantitative estimate of drug-likeness (QED) is 0.528. The van der Waals surface area contributed by atoms with Crippen molar-refractivity contribution in [2.45, 2.75) is 25.7 Å². The van der Waals surface area contributed by atoms with Gasteiger partial charge in [-0.15, -0.1) is 0 Å². The lowest BCUT2D eigenvalue weighted by Crippen LogP contribution is -2.49. The van der Waals surface area contributed by atoms with E-state index in [1.807, 2.05) is 31.1 Å². The molecule has 29 heavy (non-hydrogen) atoms. The van der Waals surface area contributed by atoms with E-state index in [9.17, 15) is 4.79 Å². The van der Waals surface area contributed by atoms with Crippen molar-refractivity contribution < 1.29 is 4.79 Å². The van der Waals surface area contributed by atoms with Crippen molar-refractivity contribution in [1.29, 1.82) is 5.41 Å². The SMILES string of the molecule is CNc1c(C)cc(C2=CC(=O)N3C=C(N4CCN[C@@H](C)C4)C=CC3P2)cc1C=N. The van der Waals surface area contributed by atoms with Gasteiger partial charge >= 0.3 is 0 Å². The molecule has 152 valence electrons. The van der Waals surface area contributed by atoms with E-state index in [0.717, 1.165) is 53.0 Å². The molecular weight excluding hydrogens is 381 g/mol. The van der Waals surface area contributed by atoms with Gasteiger partial charge in [0.1, 0.15) is 0 Å². The number of hydrogen-bond acceptors (Lipinski definition) is 5. The van der Waals surface area contributed by atoms with Crippen molar-refractivity contribution in [3.63, 3.8) is 0 Å². The number of anilines is 1. The van der Waals surface area contributed by atoms with E-state index in [2.05, 4.69) is 40.7 Å². The van der Waals surface area contributed by atoms with Gasteiger partial charge < -0.3 is 25.8 Å². The Hall–Kier alpha value is -2.43. The second-order valence-electron chi connectivity index (χ2n) is 7.76. The summed E-state index contributed by atoms with van der Waals surface area (Å²) in [5.74, 6) is 0.0971. The largest absolute Gasteiger partial charge is 0.387 e. The lowest BCUT2D eigenvalue weighted by molar-refractivity contribution is -0.123. The van der Waals surface area contributed by atoms with Crippen LogP contribution in [0.3, 0.4) is 0 Å². The highest BCUT2D eigenvalue weighted by molar-refractivity contribution is 7.51. The topological polar surface area (TPSA) is 71.5 Å². The molecule has 3 N–H and O–H groups in total. The van der Waals surface area contributed by atoms with Gasteiger partial charge in [-0.1, -0.05) is 14.7 Å². The number of nitrogens with zero attached hydrogens (tertiary/aromatic N) is 2. The first-order chi connectivity index (χ1) is 14.0. The molecule has 4 rings (SSSR count). The Kier molecular flexibility index (Phi) is 5.57. The molecular formula is C22H28N5OP. The summed E-state index contributed by atoms with van der Waals surface area (Å²) in [5, 5.41) is 15.4. The third-order valence-electron chi connectivity index (χ3n) is 5.66. The maximum Gasteiger partial charge on any atom is 0.252 e. The zero-order valence-corrected chi connectivity index (χ0v) is 18.1. The first kappa shape index (κ1) is 19.9. The molecule has 1 aromatic carbocycles. The molecule has 7 heteroatoms. The number of nitrogens with one attached hydrogen (secondary N) is 3. The van der Waals surface area contributed by atoms with Crippen molar-refractivity contribution in [2.24, 2.45) is 0 Å². The van der Waals surface area contributed by atoms with Gasteiger partial charge in [0.25, 0.3) is 5.91 Å². The van der Waals surface area contributed by atoms with Gasteiger partial charge in [0.05, 0.1) is 11.5 Å². The van der Waals surface area contributed by atoms with Gasteiger partial charge in [-0.25, -0.2) is 0 Å². The van der Waals surface area contributed by atoms with Gasteiger partial charge in [0, 0.05) is 62.5 Å². The van der Waals surface area contributed by atoms with Crippen molar-refractivity contribution in [1.82, 2.24) is 15.1 Å². The van der Waals surface area contributed by atoms with Crippen LogP contribution in [0.15, 0.2) is 42.3 Å². The second kappa shape index (κ2) is 8.13. The predicted octanol–water partition coefficient (Wildman–Crippen LogP) is 2.93. The van der Waals surface area contributed by atoms with Crippen LogP contribution >= 0.6 is 8.58 Å². The zero-order chi connectivity index (χ0) is 20.5. The minimum atomic E-state index is 0.0283. The highest BCUT2D eigenvalue weighted by Gasteiger charge is 2.30. The summed E-state index contributed by atoms with van der Waals surface area (Å²) in [6, 6.07) is 4.56. The normalized spacial score (nSPS) is 24.9. The maximum absolute atomic E-state index is 13.0. The van der Waals surface area contributed by atoms with Gasteiger partial charge in [-0.2, -0.15) is 0 Å². The minimum absolute atomic E-state index is 0.0283. The van der Waals surface area contributed by atoms with Crippen LogP contribution in [0.25, 0.3) is 5.31 Å². The molecule has 6 nitrogen and oxygen atoms in total. The van der Waals surface area contributed by atoms with Crippen LogP contribution < -0.4 is 10.6 Å². The third-order valence-corrected chi connectivity index (χ3v) is 7.17. The highest BCUT2D eigenvalue weighted by atomic mass is 31.1. The van der Waals surface area contributed by atoms with Gasteiger partial charge in [-0.3, -0.25) is 4.79 Å². The van der Waals surface area contributed by atoms with Crippen molar-refractivity contribution in [3.05, 3.63) is 58.9 Å². The average Bonchev–Trinajstić information content (AvgIpc) is 2.72. The van der Waals surface area contributed by atoms with E-state index in [1.165, 1.54) is 6.21 Å². The molecule has 1 saturated heterocycles. The molecule has 0 aliphatic carbocycles. The van der Waals surface area contributed by atoms with Gasteiger partial charge in [0.2, 0.25) is 0 Å². The molecule has 3 atom stereocenters. The van der Waals surface area contributed by atoms with E-state index < -0.39 is 0 Å². The molecule has 3 heterocycles. The molecule has 3 aliphatic heterocycles. The molecule has 0 bridgehead atoms. The van der Waals surface area contributed by atoms with Gasteiger partial charge in [0.15, 0.2) is 0 Å². The standard InChI is InChI=1S/C22H28N5OP/c1-14-8-16(9-17(11-23)22(14)24-3)19-10-20(28)27-13-18(4-5-21(27)29-19)26-7-6-25-15(2)12-26/h4-5,8-11,13,15,21,23-25,29H,6-7,12H2,1-3H3/t15-,21?/m0/s1. The molecule has 3 aliphatic rings. The monoisotopic (exact) mass is 409 g/mol. The number of aryl methyl sites for hydroxylation is 1. The summed E-state index contributed by atoms with van der Waals surface area (Å²) in [6.07, 6.45) is 9.49. The van der Waals surface area contributed by atoms with E-state index in [4.69, 9.17) is 5.41 Å². The zero-order valence-electron chi connectivity index (χ0n) is 17.1.